The summed E-state index contributed by atoms with van der Waals surface area (Å²) >= 11 is 23.0. The Bertz CT molecular complexity index is 2780. The summed E-state index contributed by atoms with van der Waals surface area (Å²) in [7, 11) is 0. The number of nitro benzene ring substituents is 1. The van der Waals surface area contributed by atoms with Gasteiger partial charge >= 0.3 is 0 Å². The van der Waals surface area contributed by atoms with Crippen LogP contribution in [0.25, 0.3) is 0 Å². The molecule has 7 rings (SSSR count). The van der Waals surface area contributed by atoms with E-state index in [1.165, 1.54) is 0 Å². The van der Waals surface area contributed by atoms with Crippen LogP contribution in [0.5, 0.6) is 0 Å². The van der Waals surface area contributed by atoms with E-state index in [0.29, 0.717) is 123 Å². The van der Waals surface area contributed by atoms with Crippen LogP contribution < -0.4 is 16.4 Å². The molecule has 0 bridgehead atoms. The highest BCUT2D eigenvalue weighted by Crippen LogP contribution is 2.26. The van der Waals surface area contributed by atoms with Crippen molar-refractivity contribution in [2.24, 2.45) is 5.73 Å². The first-order valence-corrected chi connectivity index (χ1v) is 27.5. The van der Waals surface area contributed by atoms with Crippen LogP contribution in [-0.2, 0) is 49.4 Å². The number of rotatable bonds is 29. The first-order valence-electron chi connectivity index (χ1n) is 23.4. The largest absolute Gasteiger partial charge is 0.354 e. The molecule has 3 aromatic heterocycles. The van der Waals surface area contributed by atoms with Crippen LogP contribution in [-0.4, -0.2) is 69.4 Å². The molecular formula is C50H54Cl3N13O2S3. The number of aromatic nitrogens is 9. The zero-order valence-electron chi connectivity index (χ0n) is 39.0. The van der Waals surface area contributed by atoms with Gasteiger partial charge in [-0.2, -0.15) is 19.9 Å². The number of thioether (sulfide) groups is 3. The van der Waals surface area contributed by atoms with Crippen LogP contribution in [0.3, 0.4) is 0 Å². The van der Waals surface area contributed by atoms with E-state index in [4.69, 9.17) is 80.4 Å². The van der Waals surface area contributed by atoms with Gasteiger partial charge in [0, 0.05) is 82.7 Å². The van der Waals surface area contributed by atoms with E-state index in [1.807, 2.05) is 84.9 Å². The normalized spacial score (nSPS) is 11.2. The van der Waals surface area contributed by atoms with Gasteiger partial charge in [-0.1, -0.05) is 131 Å². The third-order valence-corrected chi connectivity index (χ3v) is 14.2. The van der Waals surface area contributed by atoms with Crippen LogP contribution in [0.4, 0.5) is 17.6 Å². The number of nitrogens with zero attached hydrogens (tertiary/aromatic N) is 10. The molecule has 0 radical (unpaired) electrons. The van der Waals surface area contributed by atoms with E-state index < -0.39 is 0 Å². The number of hydrogen-bond donors (Lipinski definition) is 3. The molecule has 7 aromatic rings. The molecule has 4 N–H and O–H groups in total. The van der Waals surface area contributed by atoms with Gasteiger partial charge in [-0.25, -0.2) is 24.9 Å². The fourth-order valence-electron chi connectivity index (χ4n) is 7.06. The Morgan fingerprint density at radius 3 is 1.31 bits per heavy atom. The van der Waals surface area contributed by atoms with Crippen molar-refractivity contribution in [3.8, 4) is 0 Å². The number of benzene rings is 4. The molecule has 0 saturated heterocycles. The Balaban J connectivity index is 0.968. The Labute approximate surface area is 441 Å². The van der Waals surface area contributed by atoms with Crippen LogP contribution >= 0.6 is 70.1 Å². The second-order valence-corrected chi connectivity index (χ2v) is 20.4. The van der Waals surface area contributed by atoms with Gasteiger partial charge in [-0.15, -0.1) is 0 Å². The summed E-state index contributed by atoms with van der Waals surface area (Å²) < 4.78 is 0. The maximum atomic E-state index is 11.5. The van der Waals surface area contributed by atoms with Crippen LogP contribution in [0.15, 0.2) is 113 Å². The van der Waals surface area contributed by atoms with Gasteiger partial charge in [-0.3, -0.25) is 10.1 Å². The molecule has 4 aromatic carbocycles. The van der Waals surface area contributed by atoms with Gasteiger partial charge in [0.2, 0.25) is 11.9 Å². The van der Waals surface area contributed by atoms with Crippen molar-refractivity contribution >= 4 is 87.7 Å². The summed E-state index contributed by atoms with van der Waals surface area (Å²) in [6.07, 6.45) is 7.97. The third-order valence-electron chi connectivity index (χ3n) is 10.7. The van der Waals surface area contributed by atoms with E-state index in [0.717, 1.165) is 72.4 Å². The number of para-hydroxylation sites is 1. The van der Waals surface area contributed by atoms with Crippen molar-refractivity contribution in [2.45, 2.75) is 103 Å². The Kier molecular flexibility index (Phi) is 21.7. The molecule has 21 heteroatoms. The molecular weight excluding hydrogens is 1020 g/mol. The minimum Gasteiger partial charge on any atom is -0.354 e. The lowest BCUT2D eigenvalue weighted by molar-refractivity contribution is -0.385. The van der Waals surface area contributed by atoms with Gasteiger partial charge in [0.1, 0.15) is 23.3 Å². The van der Waals surface area contributed by atoms with Crippen molar-refractivity contribution in [1.29, 1.82) is 0 Å². The Morgan fingerprint density at radius 1 is 0.465 bits per heavy atom. The number of nitrogens with two attached hydrogens (primary N) is 1. The number of hydrogen-bond acceptors (Lipinski definition) is 17. The summed E-state index contributed by atoms with van der Waals surface area (Å²) in [6.45, 7) is 1.72. The molecule has 0 amide bonds. The highest BCUT2D eigenvalue weighted by molar-refractivity contribution is 7.98. The molecule has 0 fully saturated rings. The number of nitro groups is 1. The second-order valence-electron chi connectivity index (χ2n) is 16.3. The summed E-state index contributed by atoms with van der Waals surface area (Å²) in [5.74, 6) is 5.91. The number of anilines is 2. The van der Waals surface area contributed by atoms with E-state index in [-0.39, 0.29) is 10.6 Å². The van der Waals surface area contributed by atoms with Crippen LogP contribution in [0.1, 0.15) is 84.1 Å². The maximum absolute atomic E-state index is 11.5. The fourth-order valence-corrected chi connectivity index (χ4v) is 9.88. The summed E-state index contributed by atoms with van der Waals surface area (Å²) in [5, 5.41) is 22.4. The average molecular weight is 1070 g/mol. The Hall–Kier alpha value is -5.21. The van der Waals surface area contributed by atoms with E-state index >= 15 is 0 Å². The van der Waals surface area contributed by atoms with Crippen molar-refractivity contribution < 1.29 is 4.92 Å². The van der Waals surface area contributed by atoms with E-state index in [9.17, 15) is 10.1 Å². The third kappa shape index (κ3) is 18.7. The van der Waals surface area contributed by atoms with E-state index in [1.54, 1.807) is 47.4 Å². The predicted molar refractivity (Wildman–Crippen MR) is 288 cm³/mol. The standard InChI is InChI=1S/C50H54Cl3N13O2S3/c51-38-22-16-34(17-23-38)31-69-48-60-42(12-3-1-2-9-37-10-4-5-11-41(37)66(67)68)57-43(61-48)14-7-29-55-47-59-45(63-50(65-47)71-33-36-20-26-40(53)27-21-36)15-8-30-56-46-58-44(13-6-28-54)62-49(64-46)70-32-35-18-24-39(52)25-19-35/h4-5,10-11,16-27H,1-3,6-9,12-15,28-33,54H2,(H,55,59,63,65)(H,56,58,62,64). The molecule has 0 aliphatic rings. The van der Waals surface area contributed by atoms with Gasteiger partial charge in [0.05, 0.1) is 4.92 Å². The lowest BCUT2D eigenvalue weighted by atomic mass is 10.0. The molecule has 0 unspecified atom stereocenters. The lowest BCUT2D eigenvalue weighted by Gasteiger charge is -2.11. The highest BCUT2D eigenvalue weighted by atomic mass is 35.5. The zero-order valence-corrected chi connectivity index (χ0v) is 43.7. The lowest BCUT2D eigenvalue weighted by Crippen LogP contribution is -2.13. The Morgan fingerprint density at radius 2 is 0.859 bits per heavy atom. The smallest absolute Gasteiger partial charge is 0.272 e. The molecule has 0 aliphatic heterocycles. The van der Waals surface area contributed by atoms with Crippen molar-refractivity contribution in [2.75, 3.05) is 30.3 Å². The maximum Gasteiger partial charge on any atom is 0.272 e. The minimum atomic E-state index is -0.314. The van der Waals surface area contributed by atoms with Crippen molar-refractivity contribution in [3.63, 3.8) is 0 Å². The molecule has 0 spiro atoms. The first kappa shape index (κ1) is 53.6. The molecule has 15 nitrogen and oxygen atoms in total. The SMILES string of the molecule is NCCCc1nc(NCCCc2nc(NCCCc3nc(CCCCCc4ccccc4[N+](=O)[O-])nc(SCc4ccc(Cl)cc4)n3)nc(SCc3ccc(Cl)cc3)n2)nc(SCc2ccc(Cl)cc2)n1. The summed E-state index contributed by atoms with van der Waals surface area (Å²) in [4.78, 5) is 54.3. The van der Waals surface area contributed by atoms with Gasteiger partial charge < -0.3 is 16.4 Å². The van der Waals surface area contributed by atoms with Gasteiger partial charge in [0.15, 0.2) is 15.5 Å². The van der Waals surface area contributed by atoms with Crippen molar-refractivity contribution in [1.82, 2.24) is 44.9 Å². The summed E-state index contributed by atoms with van der Waals surface area (Å²) in [5.41, 5.74) is 10.1. The highest BCUT2D eigenvalue weighted by Gasteiger charge is 2.14. The summed E-state index contributed by atoms with van der Waals surface area (Å²) in [6, 6.07) is 30.2. The van der Waals surface area contributed by atoms with Crippen molar-refractivity contribution in [3.05, 3.63) is 168 Å². The first-order chi connectivity index (χ1) is 34.6. The number of halogens is 3. The van der Waals surface area contributed by atoms with Gasteiger partial charge in [0.25, 0.3) is 5.69 Å². The molecule has 71 heavy (non-hydrogen) atoms. The second kappa shape index (κ2) is 28.7. The van der Waals surface area contributed by atoms with E-state index in [2.05, 4.69) is 15.6 Å². The number of unbranched alkanes of at least 4 members (excludes halogenated alkanes) is 2. The fraction of sp³-hybridized carbons (Fsp3) is 0.340. The average Bonchev–Trinajstić information content (AvgIpc) is 3.37. The zero-order chi connectivity index (χ0) is 49.6. The molecule has 0 saturated carbocycles. The molecule has 0 atom stereocenters. The molecule has 0 aliphatic carbocycles. The molecule has 370 valence electrons. The number of aryl methyl sites for hydroxylation is 5. The van der Waals surface area contributed by atoms with Gasteiger partial charge in [-0.05, 0) is 98.2 Å². The monoisotopic (exact) mass is 1070 g/mol. The van der Waals surface area contributed by atoms with Crippen LogP contribution in [0.2, 0.25) is 15.1 Å². The predicted octanol–water partition coefficient (Wildman–Crippen LogP) is 11.9. The topological polar surface area (TPSA) is 209 Å². The quantitative estimate of drug-likeness (QED) is 0.0172. The molecule has 3 heterocycles. The number of nitrogens with one attached hydrogen (secondary N) is 2. The minimum absolute atomic E-state index is 0.168. The van der Waals surface area contributed by atoms with Crippen LogP contribution in [0, 0.1) is 10.1 Å².